The van der Waals surface area contributed by atoms with E-state index in [1.165, 1.54) is 45.9 Å². The first-order chi connectivity index (χ1) is 21.7. The average Bonchev–Trinajstić information content (AvgIpc) is 3.30. The Morgan fingerprint density at radius 2 is 1.70 bits per heavy atom. The van der Waals surface area contributed by atoms with Crippen molar-refractivity contribution in [3.63, 3.8) is 0 Å². The van der Waals surface area contributed by atoms with E-state index in [0.29, 0.717) is 37.9 Å². The lowest BCUT2D eigenvalue weighted by Gasteiger charge is -2.24. The summed E-state index contributed by atoms with van der Waals surface area (Å²) in [6.07, 6.45) is 0.375. The summed E-state index contributed by atoms with van der Waals surface area (Å²) in [5.41, 5.74) is 0.661. The molecule has 266 valence electrons. The number of rotatable bonds is 21. The molecule has 1 fully saturated rings. The number of carbonyl (C=O) groups is 2. The lowest BCUT2D eigenvalue weighted by atomic mass is 9.80. The molecule has 1 saturated heterocycles. The Morgan fingerprint density at radius 1 is 1.04 bits per heavy atom. The Bertz CT molecular complexity index is 1330. The van der Waals surface area contributed by atoms with Crippen molar-refractivity contribution in [1.29, 1.82) is 0 Å². The zero-order valence-corrected chi connectivity index (χ0v) is 30.0. The number of unbranched alkanes of at least 4 members (excludes halogenated alkanes) is 1. The van der Waals surface area contributed by atoms with Gasteiger partial charge >= 0.3 is 30.6 Å². The summed E-state index contributed by atoms with van der Waals surface area (Å²) in [7, 11) is -13.5. The summed E-state index contributed by atoms with van der Waals surface area (Å²) in [5, 5.41) is 23.9. The lowest BCUT2D eigenvalue weighted by molar-refractivity contribution is -0.121. The van der Waals surface area contributed by atoms with Crippen LogP contribution in [0.2, 0.25) is 0 Å². The normalized spacial score (nSPS) is 21.1. The molecule has 0 spiro atoms. The molecule has 0 radical (unpaired) electrons. The Morgan fingerprint density at radius 3 is 2.32 bits per heavy atom. The maximum Gasteiger partial charge on any atom is 0.490 e. The van der Waals surface area contributed by atoms with Crippen LogP contribution in [0.5, 0.6) is 0 Å². The summed E-state index contributed by atoms with van der Waals surface area (Å²) in [5.74, 6) is -0.268. The van der Waals surface area contributed by atoms with Crippen LogP contribution in [-0.2, 0) is 41.1 Å². The van der Waals surface area contributed by atoms with E-state index >= 15 is 0 Å². The molecule has 47 heavy (non-hydrogen) atoms. The van der Waals surface area contributed by atoms with E-state index < -0.39 is 49.4 Å². The molecule has 5 atom stereocenters. The third-order valence-electron chi connectivity index (χ3n) is 6.12. The molecule has 1 aliphatic rings. The van der Waals surface area contributed by atoms with Gasteiger partial charge in [0.05, 0.1) is 12.7 Å². The van der Waals surface area contributed by atoms with E-state index in [1.807, 2.05) is 13.8 Å². The highest BCUT2D eigenvalue weighted by molar-refractivity contribution is 8.77. The van der Waals surface area contributed by atoms with Crippen molar-refractivity contribution in [2.75, 3.05) is 25.6 Å². The third-order valence-corrected chi connectivity index (χ3v) is 12.9. The van der Waals surface area contributed by atoms with Crippen LogP contribution in [0.1, 0.15) is 49.9 Å². The van der Waals surface area contributed by atoms with Crippen LogP contribution in [0.3, 0.4) is 0 Å². The second kappa shape index (κ2) is 19.0. The molecule has 25 heteroatoms. The third kappa shape index (κ3) is 17.6. The number of benzene rings is 1. The fraction of sp³-hybridized carbons (Fsp3) is 0.636. The van der Waals surface area contributed by atoms with Gasteiger partial charge in [0.15, 0.2) is 0 Å². The van der Waals surface area contributed by atoms with Crippen LogP contribution in [-0.4, -0.2) is 105 Å². The predicted molar refractivity (Wildman–Crippen MR) is 176 cm³/mol. The molecule has 1 aromatic carbocycles. The van der Waals surface area contributed by atoms with Crippen molar-refractivity contribution in [2.24, 2.45) is 0 Å². The number of phosphoric acid groups is 3. The summed E-state index contributed by atoms with van der Waals surface area (Å²) in [4.78, 5) is 60.7. The topological polar surface area (TPSA) is 277 Å². The number of carbonyl (C=O) groups excluding carboxylic acids is 2. The van der Waals surface area contributed by atoms with E-state index in [0.717, 1.165) is 0 Å². The Balaban J connectivity index is 1.64. The highest BCUT2D eigenvalue weighted by Gasteiger charge is 2.42. The molecule has 18 nitrogen and oxygen atoms in total. The van der Waals surface area contributed by atoms with Gasteiger partial charge in [0, 0.05) is 35.8 Å². The molecule has 8 N–H and O–H groups in total. The van der Waals surface area contributed by atoms with Gasteiger partial charge in [-0.25, -0.2) is 13.7 Å². The van der Waals surface area contributed by atoms with Crippen molar-refractivity contribution >= 4 is 77.3 Å². The van der Waals surface area contributed by atoms with E-state index in [2.05, 4.69) is 23.8 Å². The first-order valence-electron chi connectivity index (χ1n) is 14.0. The number of amides is 2. The van der Waals surface area contributed by atoms with Crippen LogP contribution in [0.4, 0.5) is 0 Å². The highest BCUT2D eigenvalue weighted by atomic mass is 33.1. The highest BCUT2D eigenvalue weighted by Crippen LogP contribution is 2.66. The molecule has 1 aliphatic heterocycles. The minimum Gasteiger partial charge on any atom is -0.423 e. The summed E-state index contributed by atoms with van der Waals surface area (Å²) >= 11 is 0. The fourth-order valence-corrected chi connectivity index (χ4v) is 9.17. The van der Waals surface area contributed by atoms with Gasteiger partial charge in [0.25, 0.3) is 5.91 Å². The molecule has 3 unspecified atom stereocenters. The Hall–Kier alpha value is -0.760. The number of hydrogen-bond acceptors (Lipinski definition) is 14. The molecule has 1 aromatic rings. The monoisotopic (exact) mass is 766 g/mol. The number of nitrogens with one attached hydrogen (secondary N) is 2. The lowest BCUT2D eigenvalue weighted by Crippen LogP contribution is -2.36. The zero-order valence-electron chi connectivity index (χ0n) is 25.7. The minimum atomic E-state index is -5.63. The molecule has 0 aliphatic carbocycles. The maximum absolute atomic E-state index is 12.3. The standard InChI is InChI=1S/C22H39B2N2O16P3S2/c1-22(2,13-26-20(27)5-3-4-10-25-21(28)15-6-8-16(9-7-15)24(29)30)47-46-14-38-17-11-19(23)40-18(17)12-39-44(34,35)42-45(36,37)41-43(31,32)33/h6-9,17-19,29-30H,3-5,10-14,23H2,1-2H3,(H,25,28)(H,26,27)(H,34,35)(H,36,37)(H2,31,32,33)/t17-,18?,19-/m1/s1. The van der Waals surface area contributed by atoms with E-state index in [4.69, 9.17) is 29.3 Å². The van der Waals surface area contributed by atoms with E-state index in [-0.39, 0.29) is 40.4 Å². The summed E-state index contributed by atoms with van der Waals surface area (Å²) < 4.78 is 57.4. The minimum absolute atomic E-state index is 0.139. The van der Waals surface area contributed by atoms with Gasteiger partial charge < -0.3 is 49.7 Å². The van der Waals surface area contributed by atoms with Gasteiger partial charge in [-0.2, -0.15) is 8.62 Å². The molecule has 2 amide bonds. The average molecular weight is 766 g/mol. The van der Waals surface area contributed by atoms with E-state index in [9.17, 15) is 33.1 Å². The summed E-state index contributed by atoms with van der Waals surface area (Å²) in [6.45, 7) is 4.00. The quantitative estimate of drug-likeness (QED) is 0.0268. The number of ether oxygens (including phenoxy) is 2. The zero-order chi connectivity index (χ0) is 35.5. The molecule has 0 aromatic heterocycles. The Labute approximate surface area is 280 Å². The fourth-order valence-electron chi connectivity index (χ4n) is 3.96. The van der Waals surface area contributed by atoms with Crippen LogP contribution in [0.15, 0.2) is 24.3 Å². The van der Waals surface area contributed by atoms with Gasteiger partial charge in [-0.1, -0.05) is 33.7 Å². The smallest absolute Gasteiger partial charge is 0.423 e. The molecular formula is C22H39B2N2O16P3S2. The van der Waals surface area contributed by atoms with Crippen LogP contribution < -0.4 is 16.1 Å². The largest absolute Gasteiger partial charge is 0.490 e. The van der Waals surface area contributed by atoms with Crippen LogP contribution in [0, 0.1) is 0 Å². The Kier molecular flexibility index (Phi) is 17.2. The first kappa shape index (κ1) is 42.4. The van der Waals surface area contributed by atoms with Crippen molar-refractivity contribution < 1.29 is 75.5 Å². The predicted octanol–water partition coefficient (Wildman–Crippen LogP) is -0.0232. The van der Waals surface area contributed by atoms with Gasteiger partial charge in [-0.3, -0.25) is 14.1 Å². The maximum atomic E-state index is 12.3. The van der Waals surface area contributed by atoms with Crippen molar-refractivity contribution in [3.8, 4) is 0 Å². The van der Waals surface area contributed by atoms with Crippen LogP contribution >= 0.6 is 45.1 Å². The van der Waals surface area contributed by atoms with Gasteiger partial charge in [0.2, 0.25) is 5.91 Å². The van der Waals surface area contributed by atoms with Crippen LogP contribution in [0.25, 0.3) is 0 Å². The second-order valence-corrected chi connectivity index (χ2v) is 18.2. The van der Waals surface area contributed by atoms with Gasteiger partial charge in [-0.05, 0) is 50.7 Å². The molecular weight excluding hydrogens is 727 g/mol. The summed E-state index contributed by atoms with van der Waals surface area (Å²) in [6, 6.07) is 5.58. The second-order valence-electron chi connectivity index (χ2n) is 10.9. The molecule has 2 rings (SSSR count). The van der Waals surface area contributed by atoms with Crippen molar-refractivity contribution in [2.45, 2.75) is 62.5 Å². The first-order valence-corrected chi connectivity index (χ1v) is 20.9. The molecule has 1 heterocycles. The van der Waals surface area contributed by atoms with Gasteiger partial charge in [-0.15, -0.1) is 0 Å². The number of phosphoric ester groups is 1. The van der Waals surface area contributed by atoms with Crippen molar-refractivity contribution in [3.05, 3.63) is 29.8 Å². The van der Waals surface area contributed by atoms with Gasteiger partial charge in [0.1, 0.15) is 19.9 Å². The SMILES string of the molecule is B[C@H]1C[C@@H](OCSSC(C)(C)CNC(=O)CCCCNC(=O)c2ccc(B(O)O)cc2)C(COP(=O)(O)OP(=O)(O)OP(=O)(O)O)O1. The molecule has 0 saturated carbocycles. The van der Waals surface area contributed by atoms with E-state index in [1.54, 1.807) is 7.85 Å². The van der Waals surface area contributed by atoms with Crippen molar-refractivity contribution in [1.82, 2.24) is 10.6 Å². The molecule has 0 bridgehead atoms. The number of hydrogen-bond donors (Lipinski definition) is 8.